The first kappa shape index (κ1) is 14.9. The molecule has 4 rings (SSSR count). The highest BCUT2D eigenvalue weighted by Crippen LogP contribution is 2.40. The third kappa shape index (κ3) is 2.77. The Labute approximate surface area is 141 Å². The molecule has 0 aromatic heterocycles. The zero-order valence-electron chi connectivity index (χ0n) is 13.8. The summed E-state index contributed by atoms with van der Waals surface area (Å²) in [6.45, 7) is 5.08. The van der Waals surface area contributed by atoms with Gasteiger partial charge in [-0.25, -0.2) is 4.79 Å². The highest BCUT2D eigenvalue weighted by atomic mass is 16.7. The number of anilines is 1. The number of amides is 2. The molecule has 5 nitrogen and oxygen atoms in total. The summed E-state index contributed by atoms with van der Waals surface area (Å²) >= 11 is 0. The molecule has 5 heteroatoms. The van der Waals surface area contributed by atoms with E-state index in [0.717, 1.165) is 13.0 Å². The van der Waals surface area contributed by atoms with E-state index in [0.29, 0.717) is 23.7 Å². The van der Waals surface area contributed by atoms with Gasteiger partial charge in [0.1, 0.15) is 0 Å². The Morgan fingerprint density at radius 2 is 1.83 bits per heavy atom. The molecule has 2 amide bonds. The first-order chi connectivity index (χ1) is 11.5. The number of nitrogens with one attached hydrogen (secondary N) is 1. The molecule has 2 aromatic carbocycles. The first-order valence-electron chi connectivity index (χ1n) is 8.15. The Kier molecular flexibility index (Phi) is 3.37. The van der Waals surface area contributed by atoms with Gasteiger partial charge in [0.05, 0.1) is 0 Å². The van der Waals surface area contributed by atoms with Crippen LogP contribution in [-0.2, 0) is 13.0 Å². The predicted octanol–water partition coefficient (Wildman–Crippen LogP) is 3.78. The second kappa shape index (κ2) is 5.44. The Morgan fingerprint density at radius 3 is 2.67 bits per heavy atom. The molecule has 0 atom stereocenters. The highest BCUT2D eigenvalue weighted by molar-refractivity contribution is 5.90. The minimum Gasteiger partial charge on any atom is -0.449 e. The van der Waals surface area contributed by atoms with Crippen molar-refractivity contribution < 1.29 is 14.3 Å². The summed E-state index contributed by atoms with van der Waals surface area (Å²) in [5.41, 5.74) is 3.25. The van der Waals surface area contributed by atoms with Crippen molar-refractivity contribution in [3.63, 3.8) is 0 Å². The maximum Gasteiger partial charge on any atom is 0.322 e. The number of carbonyl (C=O) groups excluding carboxylic acids is 1. The zero-order valence-corrected chi connectivity index (χ0v) is 13.8. The third-order valence-corrected chi connectivity index (χ3v) is 4.32. The number of urea groups is 1. The van der Waals surface area contributed by atoms with E-state index in [4.69, 9.17) is 9.47 Å². The second-order valence-electron chi connectivity index (χ2n) is 6.64. The number of fused-ring (bicyclic) bond motifs is 2. The lowest BCUT2D eigenvalue weighted by molar-refractivity contribution is -0.0431. The summed E-state index contributed by atoms with van der Waals surface area (Å²) in [5, 5.41) is 2.95. The van der Waals surface area contributed by atoms with Crippen molar-refractivity contribution in [2.45, 2.75) is 32.6 Å². The lowest BCUT2D eigenvalue weighted by Crippen LogP contribution is -2.38. The quantitative estimate of drug-likeness (QED) is 0.868. The molecule has 0 unspecified atom stereocenters. The monoisotopic (exact) mass is 324 g/mol. The molecule has 0 saturated carbocycles. The molecule has 2 aromatic rings. The standard InChI is InChI=1S/C19H20N2O3/c1-19(2)23-16-8-7-15(11-17(16)24-19)20-18(22)21-10-9-13-5-3-4-6-14(13)12-21/h3-8,11H,9-10,12H2,1-2H3,(H,20,22). The van der Waals surface area contributed by atoms with Gasteiger partial charge in [0.15, 0.2) is 11.5 Å². The number of rotatable bonds is 1. The van der Waals surface area contributed by atoms with Crippen LogP contribution in [0.4, 0.5) is 10.5 Å². The molecule has 0 bridgehead atoms. The molecule has 24 heavy (non-hydrogen) atoms. The summed E-state index contributed by atoms with van der Waals surface area (Å²) in [4.78, 5) is 14.4. The van der Waals surface area contributed by atoms with Gasteiger partial charge in [-0.3, -0.25) is 0 Å². The number of hydrogen-bond acceptors (Lipinski definition) is 3. The molecule has 0 saturated heterocycles. The van der Waals surface area contributed by atoms with Crippen LogP contribution in [0.1, 0.15) is 25.0 Å². The fourth-order valence-corrected chi connectivity index (χ4v) is 3.17. The second-order valence-corrected chi connectivity index (χ2v) is 6.64. The van der Waals surface area contributed by atoms with Gasteiger partial charge in [-0.15, -0.1) is 0 Å². The topological polar surface area (TPSA) is 50.8 Å². The Hall–Kier alpha value is -2.69. The van der Waals surface area contributed by atoms with Crippen LogP contribution in [0, 0.1) is 0 Å². The van der Waals surface area contributed by atoms with Crippen LogP contribution in [0.15, 0.2) is 42.5 Å². The SMILES string of the molecule is CC1(C)Oc2ccc(NC(=O)N3CCc4ccccc4C3)cc2O1. The number of ether oxygens (including phenoxy) is 2. The molecule has 124 valence electrons. The lowest BCUT2D eigenvalue weighted by Gasteiger charge is -2.29. The summed E-state index contributed by atoms with van der Waals surface area (Å²) in [6, 6.07) is 13.6. The molecular weight excluding hydrogens is 304 g/mol. The van der Waals surface area contributed by atoms with E-state index in [1.165, 1.54) is 11.1 Å². The smallest absolute Gasteiger partial charge is 0.322 e. The molecule has 1 N–H and O–H groups in total. The Morgan fingerprint density at radius 1 is 1.08 bits per heavy atom. The predicted molar refractivity (Wildman–Crippen MR) is 91.4 cm³/mol. The molecule has 0 radical (unpaired) electrons. The lowest BCUT2D eigenvalue weighted by atomic mass is 10.0. The van der Waals surface area contributed by atoms with Crippen molar-refractivity contribution in [2.24, 2.45) is 0 Å². The van der Waals surface area contributed by atoms with Crippen molar-refractivity contribution >= 4 is 11.7 Å². The van der Waals surface area contributed by atoms with Crippen LogP contribution < -0.4 is 14.8 Å². The summed E-state index contributed by atoms with van der Waals surface area (Å²) in [5.74, 6) is 0.688. The van der Waals surface area contributed by atoms with Crippen LogP contribution in [-0.4, -0.2) is 23.3 Å². The van der Waals surface area contributed by atoms with Gasteiger partial charge in [-0.2, -0.15) is 0 Å². The molecule has 2 heterocycles. The number of nitrogens with zero attached hydrogens (tertiary/aromatic N) is 1. The van der Waals surface area contributed by atoms with E-state index < -0.39 is 5.79 Å². The fraction of sp³-hybridized carbons (Fsp3) is 0.316. The molecule has 2 aliphatic heterocycles. The van der Waals surface area contributed by atoms with Crippen LogP contribution in [0.25, 0.3) is 0 Å². The van der Waals surface area contributed by atoms with E-state index in [9.17, 15) is 4.79 Å². The van der Waals surface area contributed by atoms with Crippen LogP contribution in [0.5, 0.6) is 11.5 Å². The average molecular weight is 324 g/mol. The van der Waals surface area contributed by atoms with E-state index >= 15 is 0 Å². The van der Waals surface area contributed by atoms with Gasteiger partial charge in [-0.05, 0) is 29.7 Å². The van der Waals surface area contributed by atoms with Crippen molar-refractivity contribution in [1.82, 2.24) is 4.90 Å². The van der Waals surface area contributed by atoms with Gasteiger partial charge in [0, 0.05) is 38.7 Å². The van der Waals surface area contributed by atoms with E-state index in [2.05, 4.69) is 17.4 Å². The number of carbonyl (C=O) groups is 1. The summed E-state index contributed by atoms with van der Waals surface area (Å²) in [7, 11) is 0. The molecule has 0 aliphatic carbocycles. The van der Waals surface area contributed by atoms with Crippen LogP contribution in [0.3, 0.4) is 0 Å². The van der Waals surface area contributed by atoms with Gasteiger partial charge in [-0.1, -0.05) is 24.3 Å². The minimum absolute atomic E-state index is 0.0948. The minimum atomic E-state index is -0.665. The first-order valence-corrected chi connectivity index (χ1v) is 8.15. The highest BCUT2D eigenvalue weighted by Gasteiger charge is 2.31. The maximum absolute atomic E-state index is 12.5. The normalized spacial score (nSPS) is 17.3. The van der Waals surface area contributed by atoms with Gasteiger partial charge >= 0.3 is 6.03 Å². The molecule has 0 fully saturated rings. The van der Waals surface area contributed by atoms with E-state index in [1.807, 2.05) is 43.0 Å². The third-order valence-electron chi connectivity index (χ3n) is 4.32. The fourth-order valence-electron chi connectivity index (χ4n) is 3.17. The Bertz CT molecular complexity index is 801. The largest absolute Gasteiger partial charge is 0.449 e. The number of benzene rings is 2. The number of hydrogen-bond donors (Lipinski definition) is 1. The van der Waals surface area contributed by atoms with Crippen molar-refractivity contribution in [3.05, 3.63) is 53.6 Å². The molecule has 0 spiro atoms. The van der Waals surface area contributed by atoms with E-state index in [1.54, 1.807) is 6.07 Å². The maximum atomic E-state index is 12.5. The van der Waals surface area contributed by atoms with Crippen molar-refractivity contribution in [1.29, 1.82) is 0 Å². The molecule has 2 aliphatic rings. The van der Waals surface area contributed by atoms with Crippen molar-refractivity contribution in [2.75, 3.05) is 11.9 Å². The van der Waals surface area contributed by atoms with Crippen molar-refractivity contribution in [3.8, 4) is 11.5 Å². The summed E-state index contributed by atoms with van der Waals surface area (Å²) in [6.07, 6.45) is 0.888. The van der Waals surface area contributed by atoms with Gasteiger partial charge in [0.2, 0.25) is 5.79 Å². The van der Waals surface area contributed by atoms with Crippen LogP contribution >= 0.6 is 0 Å². The summed E-state index contributed by atoms with van der Waals surface area (Å²) < 4.78 is 11.4. The van der Waals surface area contributed by atoms with Gasteiger partial charge < -0.3 is 19.7 Å². The van der Waals surface area contributed by atoms with E-state index in [-0.39, 0.29) is 6.03 Å². The molecular formula is C19H20N2O3. The van der Waals surface area contributed by atoms with Crippen LogP contribution in [0.2, 0.25) is 0 Å². The Balaban J connectivity index is 1.46. The zero-order chi connectivity index (χ0) is 16.7. The van der Waals surface area contributed by atoms with Gasteiger partial charge in [0.25, 0.3) is 0 Å². The average Bonchev–Trinajstić information content (AvgIpc) is 2.87.